The molecule has 0 spiro atoms. The van der Waals surface area contributed by atoms with Crippen LogP contribution in [-0.2, 0) is 4.79 Å². The number of amides is 1. The van der Waals surface area contributed by atoms with Crippen LogP contribution in [-0.4, -0.2) is 19.6 Å². The van der Waals surface area contributed by atoms with E-state index in [1.807, 2.05) is 38.1 Å². The van der Waals surface area contributed by atoms with Crippen LogP contribution in [0.2, 0.25) is 0 Å². The SMILES string of the molecule is COc1cccc(NC(=O)COc2c(C)cc(Br)cc2C)c1. The summed E-state index contributed by atoms with van der Waals surface area (Å²) < 4.78 is 11.8. The highest BCUT2D eigenvalue weighted by atomic mass is 79.9. The molecule has 4 nitrogen and oxygen atoms in total. The summed E-state index contributed by atoms with van der Waals surface area (Å²) in [5.74, 6) is 1.22. The van der Waals surface area contributed by atoms with Gasteiger partial charge in [0.25, 0.3) is 5.91 Å². The molecule has 5 heteroatoms. The molecular weight excluding hydrogens is 346 g/mol. The standard InChI is InChI=1S/C17H18BrNO3/c1-11-7-13(18)8-12(2)17(11)22-10-16(20)19-14-5-4-6-15(9-14)21-3/h4-9H,10H2,1-3H3,(H,19,20). The molecule has 0 bridgehead atoms. The number of methoxy groups -OCH3 is 1. The summed E-state index contributed by atoms with van der Waals surface area (Å²) in [6.45, 7) is 3.86. The van der Waals surface area contributed by atoms with Crippen molar-refractivity contribution in [2.75, 3.05) is 19.0 Å². The quantitative estimate of drug-likeness (QED) is 0.869. The summed E-state index contributed by atoms with van der Waals surface area (Å²) in [6.07, 6.45) is 0. The van der Waals surface area contributed by atoms with E-state index in [4.69, 9.17) is 9.47 Å². The molecule has 0 atom stereocenters. The van der Waals surface area contributed by atoms with Gasteiger partial charge in [0.1, 0.15) is 11.5 Å². The van der Waals surface area contributed by atoms with Gasteiger partial charge in [-0.05, 0) is 49.2 Å². The molecule has 2 aromatic rings. The van der Waals surface area contributed by atoms with E-state index in [0.29, 0.717) is 11.4 Å². The average molecular weight is 364 g/mol. The second kappa shape index (κ2) is 7.31. The summed E-state index contributed by atoms with van der Waals surface area (Å²) in [7, 11) is 1.59. The number of hydrogen-bond acceptors (Lipinski definition) is 3. The molecule has 0 aliphatic rings. The fourth-order valence-electron chi connectivity index (χ4n) is 2.16. The molecule has 2 rings (SSSR count). The molecule has 0 saturated carbocycles. The van der Waals surface area contributed by atoms with Crippen LogP contribution in [0, 0.1) is 13.8 Å². The summed E-state index contributed by atoms with van der Waals surface area (Å²) in [6, 6.07) is 11.1. The van der Waals surface area contributed by atoms with Crippen LogP contribution in [0.4, 0.5) is 5.69 Å². The Hall–Kier alpha value is -2.01. The molecule has 22 heavy (non-hydrogen) atoms. The van der Waals surface area contributed by atoms with Crippen molar-refractivity contribution in [1.82, 2.24) is 0 Å². The van der Waals surface area contributed by atoms with Crippen LogP contribution in [0.5, 0.6) is 11.5 Å². The molecule has 0 unspecified atom stereocenters. The van der Waals surface area contributed by atoms with Gasteiger partial charge < -0.3 is 14.8 Å². The minimum atomic E-state index is -0.213. The van der Waals surface area contributed by atoms with Crippen LogP contribution in [0.15, 0.2) is 40.9 Å². The molecular formula is C17H18BrNO3. The lowest BCUT2D eigenvalue weighted by Crippen LogP contribution is -2.20. The maximum absolute atomic E-state index is 12.0. The number of rotatable bonds is 5. The first-order chi connectivity index (χ1) is 10.5. The number of carbonyl (C=O) groups excluding carboxylic acids is 1. The predicted octanol–water partition coefficient (Wildman–Crippen LogP) is 4.09. The normalized spacial score (nSPS) is 10.2. The minimum Gasteiger partial charge on any atom is -0.497 e. The molecule has 0 heterocycles. The molecule has 0 aromatic heterocycles. The van der Waals surface area contributed by atoms with E-state index in [-0.39, 0.29) is 12.5 Å². The Morgan fingerprint density at radius 2 is 1.86 bits per heavy atom. The highest BCUT2D eigenvalue weighted by Crippen LogP contribution is 2.27. The maximum Gasteiger partial charge on any atom is 0.262 e. The van der Waals surface area contributed by atoms with Crippen molar-refractivity contribution in [1.29, 1.82) is 0 Å². The van der Waals surface area contributed by atoms with E-state index in [9.17, 15) is 4.79 Å². The average Bonchev–Trinajstić information content (AvgIpc) is 2.46. The van der Waals surface area contributed by atoms with E-state index in [1.54, 1.807) is 19.2 Å². The van der Waals surface area contributed by atoms with Gasteiger partial charge in [-0.1, -0.05) is 22.0 Å². The Kier molecular flexibility index (Phi) is 5.44. The number of anilines is 1. The zero-order valence-electron chi connectivity index (χ0n) is 12.8. The van der Waals surface area contributed by atoms with Gasteiger partial charge in [-0.3, -0.25) is 4.79 Å². The Bertz CT molecular complexity index is 662. The lowest BCUT2D eigenvalue weighted by atomic mass is 10.1. The molecule has 2 aromatic carbocycles. The first kappa shape index (κ1) is 16.4. The summed E-state index contributed by atoms with van der Waals surface area (Å²) in [5, 5.41) is 2.78. The van der Waals surface area contributed by atoms with Crippen molar-refractivity contribution in [3.8, 4) is 11.5 Å². The molecule has 0 aliphatic carbocycles. The van der Waals surface area contributed by atoms with Gasteiger partial charge in [-0.2, -0.15) is 0 Å². The second-order valence-electron chi connectivity index (χ2n) is 4.94. The van der Waals surface area contributed by atoms with E-state index in [0.717, 1.165) is 21.3 Å². The first-order valence-electron chi connectivity index (χ1n) is 6.83. The van der Waals surface area contributed by atoms with E-state index >= 15 is 0 Å². The molecule has 0 saturated heterocycles. The number of carbonyl (C=O) groups is 1. The third-order valence-electron chi connectivity index (χ3n) is 3.13. The van der Waals surface area contributed by atoms with Crippen molar-refractivity contribution in [2.45, 2.75) is 13.8 Å². The maximum atomic E-state index is 12.0. The molecule has 0 fully saturated rings. The molecule has 1 N–H and O–H groups in total. The summed E-state index contributed by atoms with van der Waals surface area (Å²) >= 11 is 3.44. The Balaban J connectivity index is 1.98. The minimum absolute atomic E-state index is 0.0411. The highest BCUT2D eigenvalue weighted by molar-refractivity contribution is 9.10. The summed E-state index contributed by atoms with van der Waals surface area (Å²) in [5.41, 5.74) is 2.65. The Morgan fingerprint density at radius 3 is 2.50 bits per heavy atom. The fraction of sp³-hybridized carbons (Fsp3) is 0.235. The zero-order valence-corrected chi connectivity index (χ0v) is 14.4. The van der Waals surface area contributed by atoms with Gasteiger partial charge in [0.2, 0.25) is 0 Å². The smallest absolute Gasteiger partial charge is 0.262 e. The number of benzene rings is 2. The van der Waals surface area contributed by atoms with Crippen LogP contribution in [0.3, 0.4) is 0 Å². The fourth-order valence-corrected chi connectivity index (χ4v) is 2.85. The molecule has 1 amide bonds. The van der Waals surface area contributed by atoms with Gasteiger partial charge in [0, 0.05) is 16.2 Å². The third kappa shape index (κ3) is 4.24. The Morgan fingerprint density at radius 1 is 1.18 bits per heavy atom. The predicted molar refractivity (Wildman–Crippen MR) is 90.7 cm³/mol. The first-order valence-corrected chi connectivity index (χ1v) is 7.62. The van der Waals surface area contributed by atoms with E-state index < -0.39 is 0 Å². The van der Waals surface area contributed by atoms with Gasteiger partial charge >= 0.3 is 0 Å². The van der Waals surface area contributed by atoms with Gasteiger partial charge in [0.15, 0.2) is 6.61 Å². The largest absolute Gasteiger partial charge is 0.497 e. The van der Waals surface area contributed by atoms with Crippen molar-refractivity contribution in [3.05, 3.63) is 52.0 Å². The van der Waals surface area contributed by atoms with Crippen LogP contribution >= 0.6 is 15.9 Å². The van der Waals surface area contributed by atoms with E-state index in [2.05, 4.69) is 21.2 Å². The number of aryl methyl sites for hydroxylation is 2. The van der Waals surface area contributed by atoms with E-state index in [1.165, 1.54) is 0 Å². The molecule has 0 radical (unpaired) electrons. The number of nitrogens with one attached hydrogen (secondary N) is 1. The van der Waals surface area contributed by atoms with Crippen molar-refractivity contribution >= 4 is 27.5 Å². The van der Waals surface area contributed by atoms with Gasteiger partial charge in [-0.25, -0.2) is 0 Å². The number of ether oxygens (including phenoxy) is 2. The number of hydrogen-bond donors (Lipinski definition) is 1. The third-order valence-corrected chi connectivity index (χ3v) is 3.58. The van der Waals surface area contributed by atoms with Crippen LogP contribution in [0.25, 0.3) is 0 Å². The summed E-state index contributed by atoms with van der Waals surface area (Å²) in [4.78, 5) is 12.0. The van der Waals surface area contributed by atoms with Crippen molar-refractivity contribution in [2.24, 2.45) is 0 Å². The van der Waals surface area contributed by atoms with Crippen LogP contribution in [0.1, 0.15) is 11.1 Å². The molecule has 0 aliphatic heterocycles. The highest BCUT2D eigenvalue weighted by Gasteiger charge is 2.09. The van der Waals surface area contributed by atoms with Gasteiger partial charge in [0.05, 0.1) is 7.11 Å². The molecule has 116 valence electrons. The second-order valence-corrected chi connectivity index (χ2v) is 5.85. The number of halogens is 1. The van der Waals surface area contributed by atoms with Crippen molar-refractivity contribution in [3.63, 3.8) is 0 Å². The van der Waals surface area contributed by atoms with Crippen LogP contribution < -0.4 is 14.8 Å². The van der Waals surface area contributed by atoms with Gasteiger partial charge in [-0.15, -0.1) is 0 Å². The Labute approximate surface area is 138 Å². The lowest BCUT2D eigenvalue weighted by molar-refractivity contribution is -0.118. The lowest BCUT2D eigenvalue weighted by Gasteiger charge is -2.13. The topological polar surface area (TPSA) is 47.6 Å². The van der Waals surface area contributed by atoms with Crippen molar-refractivity contribution < 1.29 is 14.3 Å². The zero-order chi connectivity index (χ0) is 16.1. The monoisotopic (exact) mass is 363 g/mol.